The van der Waals surface area contributed by atoms with Crippen LogP contribution in [0.15, 0.2) is 61.3 Å². The fourth-order valence-electron chi connectivity index (χ4n) is 2.49. The minimum atomic E-state index is 0.318. The number of benzene rings is 1. The van der Waals surface area contributed by atoms with Crippen molar-refractivity contribution in [1.82, 2.24) is 20.3 Å². The van der Waals surface area contributed by atoms with Gasteiger partial charge in [0.15, 0.2) is 0 Å². The molecule has 26 heavy (non-hydrogen) atoms. The number of nitrogens with zero attached hydrogens (tertiary/aromatic N) is 4. The lowest BCUT2D eigenvalue weighted by Gasteiger charge is -2.08. The molecule has 0 fully saturated rings. The first-order valence-electron chi connectivity index (χ1n) is 8.13. The average molecular weight is 384 g/mol. The van der Waals surface area contributed by atoms with E-state index in [0.29, 0.717) is 40.9 Å². The van der Waals surface area contributed by atoms with Crippen molar-refractivity contribution in [2.24, 2.45) is 0 Å². The number of rotatable bonds is 7. The molecule has 6 nitrogen and oxygen atoms in total. The monoisotopic (exact) mass is 384 g/mol. The second-order valence-electron chi connectivity index (χ2n) is 5.79. The van der Waals surface area contributed by atoms with Gasteiger partial charge in [-0.1, -0.05) is 54.2 Å². The summed E-state index contributed by atoms with van der Waals surface area (Å²) in [6.45, 7) is 2.15. The Hall–Kier alpha value is -2.45. The van der Waals surface area contributed by atoms with Gasteiger partial charge in [0.1, 0.15) is 0 Å². The van der Waals surface area contributed by atoms with Gasteiger partial charge in [0.05, 0.1) is 5.75 Å². The largest absolute Gasteiger partial charge is 0.416 e. The van der Waals surface area contributed by atoms with Gasteiger partial charge in [0.2, 0.25) is 17.6 Å². The van der Waals surface area contributed by atoms with Gasteiger partial charge in [-0.3, -0.25) is 0 Å². The van der Waals surface area contributed by atoms with Gasteiger partial charge in [0.25, 0.3) is 5.22 Å². The molecule has 1 aromatic carbocycles. The van der Waals surface area contributed by atoms with Gasteiger partial charge in [-0.2, -0.15) is 16.3 Å². The molecule has 8 heteroatoms. The van der Waals surface area contributed by atoms with E-state index in [9.17, 15) is 0 Å². The summed E-state index contributed by atoms with van der Waals surface area (Å²) in [6.07, 6.45) is 0.709. The van der Waals surface area contributed by atoms with Crippen LogP contribution in [0.2, 0.25) is 0 Å². The number of thiophene rings is 1. The summed E-state index contributed by atoms with van der Waals surface area (Å²) in [4.78, 5) is 4.38. The highest BCUT2D eigenvalue weighted by molar-refractivity contribution is 7.98. The molecule has 0 saturated carbocycles. The van der Waals surface area contributed by atoms with Gasteiger partial charge >= 0.3 is 0 Å². The molecule has 0 N–H and O–H groups in total. The lowest BCUT2D eigenvalue weighted by Crippen LogP contribution is -1.98. The van der Waals surface area contributed by atoms with Gasteiger partial charge in [-0.15, -0.1) is 10.2 Å². The zero-order valence-electron chi connectivity index (χ0n) is 14.0. The first-order valence-corrected chi connectivity index (χ1v) is 10.1. The van der Waals surface area contributed by atoms with Crippen molar-refractivity contribution in [2.75, 3.05) is 0 Å². The van der Waals surface area contributed by atoms with Crippen molar-refractivity contribution >= 4 is 23.1 Å². The third-order valence-electron chi connectivity index (χ3n) is 3.86. The first kappa shape index (κ1) is 17.0. The predicted octanol–water partition coefficient (Wildman–Crippen LogP) is 4.82. The van der Waals surface area contributed by atoms with Crippen LogP contribution in [0.4, 0.5) is 0 Å². The van der Waals surface area contributed by atoms with Crippen molar-refractivity contribution in [2.45, 2.75) is 30.2 Å². The molecule has 0 spiro atoms. The summed E-state index contributed by atoms with van der Waals surface area (Å²) in [6, 6.07) is 12.3. The van der Waals surface area contributed by atoms with E-state index in [1.807, 2.05) is 35.0 Å². The third-order valence-corrected chi connectivity index (χ3v) is 5.35. The highest BCUT2D eigenvalue weighted by Crippen LogP contribution is 2.25. The maximum Gasteiger partial charge on any atom is 0.277 e. The molecule has 0 bridgehead atoms. The molecule has 0 aliphatic carbocycles. The van der Waals surface area contributed by atoms with E-state index >= 15 is 0 Å². The summed E-state index contributed by atoms with van der Waals surface area (Å²) < 4.78 is 11.0. The van der Waals surface area contributed by atoms with Crippen molar-refractivity contribution in [1.29, 1.82) is 0 Å². The highest BCUT2D eigenvalue weighted by Gasteiger charge is 2.14. The topological polar surface area (TPSA) is 77.8 Å². The van der Waals surface area contributed by atoms with Gasteiger partial charge < -0.3 is 8.94 Å². The summed E-state index contributed by atoms with van der Waals surface area (Å²) in [5, 5.41) is 16.7. The summed E-state index contributed by atoms with van der Waals surface area (Å²) in [5.41, 5.74) is 2.22. The van der Waals surface area contributed by atoms with Crippen molar-refractivity contribution in [3.8, 4) is 11.4 Å². The van der Waals surface area contributed by atoms with Crippen LogP contribution in [0, 0.1) is 0 Å². The van der Waals surface area contributed by atoms with Crippen LogP contribution in [0.5, 0.6) is 0 Å². The summed E-state index contributed by atoms with van der Waals surface area (Å²) in [7, 11) is 0. The fraction of sp³-hybridized carbons (Fsp3) is 0.222. The Kier molecular flexibility index (Phi) is 5.12. The standard InChI is InChI=1S/C18H16N4O2S2/c1-12(13-5-3-2-4-6-13)9-15-20-21-18(23-15)26-11-16-19-17(22-24-16)14-7-8-25-10-14/h2-8,10,12H,9,11H2,1H3. The molecule has 0 amide bonds. The molecule has 132 valence electrons. The first-order chi connectivity index (χ1) is 12.8. The third kappa shape index (κ3) is 4.03. The van der Waals surface area contributed by atoms with E-state index in [4.69, 9.17) is 8.94 Å². The molecule has 1 atom stereocenters. The molecule has 0 radical (unpaired) electrons. The molecule has 3 heterocycles. The van der Waals surface area contributed by atoms with Crippen LogP contribution >= 0.6 is 23.1 Å². The second kappa shape index (κ2) is 7.84. The quantitative estimate of drug-likeness (QED) is 0.423. The molecule has 3 aromatic heterocycles. The Bertz CT molecular complexity index is 951. The van der Waals surface area contributed by atoms with Crippen LogP contribution in [0.3, 0.4) is 0 Å². The summed E-state index contributed by atoms with van der Waals surface area (Å²) >= 11 is 2.99. The van der Waals surface area contributed by atoms with Gasteiger partial charge in [-0.25, -0.2) is 0 Å². The SMILES string of the molecule is CC(Cc1nnc(SCc2nc(-c3ccsc3)no2)o1)c1ccccc1. The minimum Gasteiger partial charge on any atom is -0.416 e. The van der Waals surface area contributed by atoms with Crippen molar-refractivity contribution < 1.29 is 8.94 Å². The number of thioether (sulfide) groups is 1. The number of hydrogen-bond acceptors (Lipinski definition) is 8. The smallest absolute Gasteiger partial charge is 0.277 e. The van der Waals surface area contributed by atoms with E-state index in [2.05, 4.69) is 39.4 Å². The Labute approximate surface area is 158 Å². The van der Waals surface area contributed by atoms with Crippen LogP contribution in [0.1, 0.15) is 30.2 Å². The van der Waals surface area contributed by atoms with Gasteiger partial charge in [-0.05, 0) is 22.9 Å². The molecule has 1 unspecified atom stereocenters. The maximum atomic E-state index is 5.73. The molecule has 0 saturated heterocycles. The van der Waals surface area contributed by atoms with E-state index in [0.717, 1.165) is 5.56 Å². The fourth-order valence-corrected chi connectivity index (χ4v) is 3.74. The van der Waals surface area contributed by atoms with E-state index in [1.54, 1.807) is 11.3 Å². The van der Waals surface area contributed by atoms with Gasteiger partial charge in [0, 0.05) is 17.4 Å². The Balaban J connectivity index is 1.34. The number of hydrogen-bond donors (Lipinski definition) is 0. The molecule has 0 aliphatic rings. The minimum absolute atomic E-state index is 0.318. The lowest BCUT2D eigenvalue weighted by molar-refractivity contribution is 0.388. The molecular weight excluding hydrogens is 368 g/mol. The average Bonchev–Trinajstić information content (AvgIpc) is 3.42. The molecule has 4 rings (SSSR count). The van der Waals surface area contributed by atoms with Crippen LogP contribution in [0.25, 0.3) is 11.4 Å². The molecular formula is C18H16N4O2S2. The molecule has 0 aliphatic heterocycles. The Morgan fingerprint density at radius 3 is 2.81 bits per heavy atom. The second-order valence-corrected chi connectivity index (χ2v) is 7.50. The van der Waals surface area contributed by atoms with E-state index in [1.165, 1.54) is 17.3 Å². The van der Waals surface area contributed by atoms with Crippen LogP contribution < -0.4 is 0 Å². The zero-order valence-corrected chi connectivity index (χ0v) is 15.7. The summed E-state index contributed by atoms with van der Waals surface area (Å²) in [5.74, 6) is 2.58. The molecule has 4 aromatic rings. The lowest BCUT2D eigenvalue weighted by atomic mass is 9.98. The highest BCUT2D eigenvalue weighted by atomic mass is 32.2. The van der Waals surface area contributed by atoms with Crippen molar-refractivity contribution in [3.63, 3.8) is 0 Å². The van der Waals surface area contributed by atoms with Crippen LogP contribution in [-0.2, 0) is 12.2 Å². The maximum absolute atomic E-state index is 5.73. The van der Waals surface area contributed by atoms with E-state index in [-0.39, 0.29) is 0 Å². The van der Waals surface area contributed by atoms with E-state index < -0.39 is 0 Å². The normalized spacial score (nSPS) is 12.3. The Morgan fingerprint density at radius 1 is 1.12 bits per heavy atom. The van der Waals surface area contributed by atoms with Crippen LogP contribution in [-0.4, -0.2) is 20.3 Å². The number of aromatic nitrogens is 4. The zero-order chi connectivity index (χ0) is 17.8. The Morgan fingerprint density at radius 2 is 2.00 bits per heavy atom. The van der Waals surface area contributed by atoms with Crippen molar-refractivity contribution in [3.05, 3.63) is 64.5 Å². The predicted molar refractivity (Wildman–Crippen MR) is 100 cm³/mol.